The fourth-order valence-corrected chi connectivity index (χ4v) is 12.3. The largest absolute Gasteiger partial charge is 0.264 e. The van der Waals surface area contributed by atoms with Gasteiger partial charge in [0.1, 0.15) is 0 Å². The van der Waals surface area contributed by atoms with E-state index >= 15 is 0 Å². The number of benzene rings is 8. The van der Waals surface area contributed by atoms with Gasteiger partial charge in [0.05, 0.1) is 26.6 Å². The van der Waals surface area contributed by atoms with E-state index < -0.39 is 15.3 Å². The second-order valence-electron chi connectivity index (χ2n) is 16.7. The Bertz CT molecular complexity index is 3680. The van der Waals surface area contributed by atoms with Crippen LogP contribution in [0.15, 0.2) is 222 Å². The summed E-state index contributed by atoms with van der Waals surface area (Å²) in [6, 6.07) is 68.8. The van der Waals surface area contributed by atoms with E-state index in [1.165, 1.54) is 0 Å². The molecule has 0 saturated carbocycles. The van der Waals surface area contributed by atoms with Gasteiger partial charge in [-0.2, -0.15) is 0 Å². The average molecular weight is 838 g/mol. The number of hydrogen-bond acceptors (Lipinski definition) is 5. The van der Waals surface area contributed by atoms with E-state index in [2.05, 4.69) is 151 Å². The first-order valence-corrected chi connectivity index (χ1v) is 22.9. The highest BCUT2D eigenvalue weighted by molar-refractivity contribution is 7.92. The number of rotatable bonds is 4. The highest BCUT2D eigenvalue weighted by Crippen LogP contribution is 2.63. The molecule has 0 fully saturated rings. The van der Waals surface area contributed by atoms with Crippen LogP contribution in [0.3, 0.4) is 0 Å². The lowest BCUT2D eigenvalue weighted by molar-refractivity contribution is 0.598. The van der Waals surface area contributed by atoms with Crippen LogP contribution in [0.25, 0.3) is 89.5 Å². The van der Waals surface area contributed by atoms with E-state index in [0.29, 0.717) is 15.6 Å². The summed E-state index contributed by atoms with van der Waals surface area (Å²) in [7, 11) is -3.80. The van der Waals surface area contributed by atoms with Crippen LogP contribution in [0, 0.1) is 0 Å². The van der Waals surface area contributed by atoms with Gasteiger partial charge in [-0.3, -0.25) is 4.98 Å². The first kappa shape index (κ1) is 36.6. The summed E-state index contributed by atoms with van der Waals surface area (Å²) < 4.78 is 29.1. The van der Waals surface area contributed by atoms with Gasteiger partial charge in [0, 0.05) is 40.2 Å². The third-order valence-corrected chi connectivity index (χ3v) is 15.2. The van der Waals surface area contributed by atoms with Crippen molar-refractivity contribution in [1.29, 1.82) is 0 Å². The number of nitrogens with zero attached hydrogens (tertiary/aromatic N) is 3. The Balaban J connectivity index is 1.10. The first-order valence-electron chi connectivity index (χ1n) is 21.4. The molecule has 5 nitrogen and oxygen atoms in total. The standard InChI is InChI=1S/C58H35N3O2S/c62-64(63)55-23-11-8-20-46(55)48-32-47-44-19-7-10-22-50(44)58(52(47)33-56(48)64)49-21-9-6-18-43(49)41-16-4-5-17-42(41)45-29-28-39(31-51(45)58)54-34-53(37-13-2-1-3-14-37)60-57(61-54)38-26-24-36(25-27-38)40-15-12-30-59-35-40/h1-35H. The lowest BCUT2D eigenvalue weighted by atomic mass is 9.65. The molecular formula is C58H35N3O2S. The second kappa shape index (κ2) is 13.7. The monoisotopic (exact) mass is 837 g/mol. The van der Waals surface area contributed by atoms with Crippen LogP contribution in [0.4, 0.5) is 0 Å². The molecule has 10 aromatic rings. The normalized spacial score (nSPS) is 15.5. The Morgan fingerprint density at radius 2 is 0.891 bits per heavy atom. The van der Waals surface area contributed by atoms with E-state index in [4.69, 9.17) is 9.97 Å². The van der Waals surface area contributed by atoms with Gasteiger partial charge in [0.25, 0.3) is 0 Å². The summed E-state index contributed by atoms with van der Waals surface area (Å²) in [5.41, 5.74) is 17.8. The molecular weight excluding hydrogens is 803 g/mol. The molecule has 6 heteroatoms. The fraction of sp³-hybridized carbons (Fsp3) is 0.0172. The Morgan fingerprint density at radius 1 is 0.344 bits per heavy atom. The summed E-state index contributed by atoms with van der Waals surface area (Å²) in [5, 5.41) is 0. The van der Waals surface area contributed by atoms with Crippen LogP contribution in [-0.2, 0) is 15.3 Å². The minimum absolute atomic E-state index is 0.346. The Morgan fingerprint density at radius 3 is 1.59 bits per heavy atom. The predicted octanol–water partition coefficient (Wildman–Crippen LogP) is 13.4. The SMILES string of the molecule is O=S1(=O)c2ccccc2-c2cc3c(cc21)C1(c2ccccc2-c2ccccc2-c2ccc(-c4cc(-c5ccccc5)nc(-c5ccc(-c6cccnc6)cc5)n4)cc21)c1ccccc1-3. The zero-order chi connectivity index (χ0) is 42.6. The molecule has 1 aliphatic heterocycles. The van der Waals surface area contributed by atoms with E-state index in [1.54, 1.807) is 12.3 Å². The molecule has 1 spiro atoms. The molecule has 2 aromatic heterocycles. The van der Waals surface area contributed by atoms with Crippen molar-refractivity contribution in [3.8, 4) is 89.5 Å². The molecule has 3 heterocycles. The molecule has 1 atom stereocenters. The van der Waals surface area contributed by atoms with Crippen molar-refractivity contribution in [2.75, 3.05) is 0 Å². The summed E-state index contributed by atoms with van der Waals surface area (Å²) in [5.74, 6) is 0.617. The lowest BCUT2D eigenvalue weighted by Crippen LogP contribution is -2.29. The number of fused-ring (bicyclic) bond motifs is 15. The maximum Gasteiger partial charge on any atom is 0.207 e. The molecule has 0 N–H and O–H groups in total. The molecule has 64 heavy (non-hydrogen) atoms. The highest BCUT2D eigenvalue weighted by Gasteiger charge is 2.51. The van der Waals surface area contributed by atoms with Gasteiger partial charge in [-0.05, 0) is 103 Å². The molecule has 1 unspecified atom stereocenters. The Kier molecular flexibility index (Phi) is 7.84. The van der Waals surface area contributed by atoms with Crippen LogP contribution in [0.5, 0.6) is 0 Å². The Hall–Kier alpha value is -8.06. The number of sulfone groups is 1. The third kappa shape index (κ3) is 5.17. The summed E-state index contributed by atoms with van der Waals surface area (Å²) in [4.78, 5) is 15.6. The molecule has 0 bridgehead atoms. The van der Waals surface area contributed by atoms with Crippen molar-refractivity contribution >= 4 is 9.84 Å². The van der Waals surface area contributed by atoms with Gasteiger partial charge in [0.15, 0.2) is 5.82 Å². The van der Waals surface area contributed by atoms with E-state index in [9.17, 15) is 8.42 Å². The minimum atomic E-state index is -3.80. The first-order chi connectivity index (χ1) is 31.5. The van der Waals surface area contributed by atoms with Gasteiger partial charge >= 0.3 is 0 Å². The summed E-state index contributed by atoms with van der Waals surface area (Å²) in [6.45, 7) is 0. The Labute approximate surface area is 371 Å². The second-order valence-corrected chi connectivity index (χ2v) is 18.6. The van der Waals surface area contributed by atoms with Crippen molar-refractivity contribution in [2.45, 2.75) is 15.2 Å². The lowest BCUT2D eigenvalue weighted by Gasteiger charge is -2.35. The number of hydrogen-bond donors (Lipinski definition) is 0. The third-order valence-electron chi connectivity index (χ3n) is 13.4. The maximum atomic E-state index is 14.6. The van der Waals surface area contributed by atoms with Crippen molar-refractivity contribution in [1.82, 2.24) is 15.0 Å². The average Bonchev–Trinajstić information content (AvgIpc) is 3.73. The molecule has 0 amide bonds. The van der Waals surface area contributed by atoms with E-state index in [1.807, 2.05) is 54.7 Å². The minimum Gasteiger partial charge on any atom is -0.264 e. The molecule has 0 saturated heterocycles. The maximum absolute atomic E-state index is 14.6. The quantitative estimate of drug-likeness (QED) is 0.177. The van der Waals surface area contributed by atoms with Gasteiger partial charge in [-0.15, -0.1) is 0 Å². The predicted molar refractivity (Wildman–Crippen MR) is 254 cm³/mol. The summed E-state index contributed by atoms with van der Waals surface area (Å²) >= 11 is 0. The number of aromatic nitrogens is 3. The fourth-order valence-electron chi connectivity index (χ4n) is 10.6. The van der Waals surface area contributed by atoms with Crippen molar-refractivity contribution < 1.29 is 8.42 Å². The number of pyridine rings is 1. The van der Waals surface area contributed by atoms with Crippen molar-refractivity contribution in [3.05, 3.63) is 235 Å². The molecule has 0 radical (unpaired) electrons. The summed E-state index contributed by atoms with van der Waals surface area (Å²) in [6.07, 6.45) is 3.65. The zero-order valence-corrected chi connectivity index (χ0v) is 35.1. The van der Waals surface area contributed by atoms with Gasteiger partial charge in [-0.25, -0.2) is 18.4 Å². The molecule has 2 aliphatic carbocycles. The topological polar surface area (TPSA) is 72.8 Å². The van der Waals surface area contributed by atoms with Gasteiger partial charge < -0.3 is 0 Å². The van der Waals surface area contributed by atoms with Crippen LogP contribution in [-0.4, -0.2) is 23.4 Å². The van der Waals surface area contributed by atoms with E-state index in [0.717, 1.165) is 106 Å². The molecule has 3 aliphatic rings. The van der Waals surface area contributed by atoms with Crippen molar-refractivity contribution in [3.63, 3.8) is 0 Å². The molecule has 13 rings (SSSR count). The molecule has 8 aromatic carbocycles. The zero-order valence-electron chi connectivity index (χ0n) is 34.3. The van der Waals surface area contributed by atoms with Crippen LogP contribution < -0.4 is 0 Å². The van der Waals surface area contributed by atoms with Gasteiger partial charge in [0.2, 0.25) is 9.84 Å². The van der Waals surface area contributed by atoms with Crippen molar-refractivity contribution in [2.24, 2.45) is 0 Å². The van der Waals surface area contributed by atoms with Gasteiger partial charge in [-0.1, -0.05) is 164 Å². The van der Waals surface area contributed by atoms with Crippen LogP contribution in [0.2, 0.25) is 0 Å². The molecule has 300 valence electrons. The van der Waals surface area contributed by atoms with Crippen LogP contribution >= 0.6 is 0 Å². The smallest absolute Gasteiger partial charge is 0.207 e. The highest BCUT2D eigenvalue weighted by atomic mass is 32.2. The van der Waals surface area contributed by atoms with E-state index in [-0.39, 0.29) is 0 Å². The van der Waals surface area contributed by atoms with Crippen LogP contribution in [0.1, 0.15) is 22.3 Å².